The van der Waals surface area contributed by atoms with Gasteiger partial charge in [-0.2, -0.15) is 0 Å². The SMILES string of the molecule is CP(C)c1c(F)cccc1-c1ccc(N2CCC(NC(=O)Nc3ccc(Cl)cc3F)C2=O)c(F)c1Cl. The number of carbonyl (C=O) groups is 2. The number of hydrogen-bond acceptors (Lipinski definition) is 2. The van der Waals surface area contributed by atoms with Gasteiger partial charge in [-0.15, -0.1) is 0 Å². The Kier molecular flexibility index (Phi) is 7.79. The second-order valence-electron chi connectivity index (χ2n) is 8.34. The Balaban J connectivity index is 1.53. The van der Waals surface area contributed by atoms with Crippen LogP contribution in [0.2, 0.25) is 10.0 Å². The highest BCUT2D eigenvalue weighted by Gasteiger charge is 2.36. The third-order valence-corrected chi connectivity index (χ3v) is 7.72. The minimum absolute atomic E-state index is 0.0459. The van der Waals surface area contributed by atoms with Gasteiger partial charge in [0.15, 0.2) is 5.82 Å². The van der Waals surface area contributed by atoms with E-state index in [1.807, 2.05) is 13.3 Å². The molecule has 3 aromatic rings. The number of benzene rings is 3. The van der Waals surface area contributed by atoms with Crippen molar-refractivity contribution in [1.82, 2.24) is 5.32 Å². The van der Waals surface area contributed by atoms with Crippen molar-refractivity contribution in [1.29, 1.82) is 0 Å². The number of carbonyl (C=O) groups excluding carboxylic acids is 2. The van der Waals surface area contributed by atoms with Gasteiger partial charge in [0.05, 0.1) is 16.4 Å². The molecule has 36 heavy (non-hydrogen) atoms. The molecule has 0 saturated carbocycles. The van der Waals surface area contributed by atoms with E-state index >= 15 is 4.39 Å². The maximum absolute atomic E-state index is 15.4. The largest absolute Gasteiger partial charge is 0.326 e. The molecule has 5 nitrogen and oxygen atoms in total. The lowest BCUT2D eigenvalue weighted by Crippen LogP contribution is -2.43. The molecule has 3 amide bonds. The van der Waals surface area contributed by atoms with Crippen molar-refractivity contribution in [2.24, 2.45) is 0 Å². The summed E-state index contributed by atoms with van der Waals surface area (Å²) in [4.78, 5) is 26.5. The van der Waals surface area contributed by atoms with E-state index in [0.717, 1.165) is 6.07 Å². The molecule has 1 heterocycles. The monoisotopic (exact) mass is 553 g/mol. The summed E-state index contributed by atoms with van der Waals surface area (Å²) in [6, 6.07) is 9.57. The van der Waals surface area contributed by atoms with E-state index in [9.17, 15) is 18.4 Å². The van der Waals surface area contributed by atoms with Gasteiger partial charge in [0.1, 0.15) is 17.7 Å². The van der Waals surface area contributed by atoms with Crippen LogP contribution in [0.5, 0.6) is 0 Å². The van der Waals surface area contributed by atoms with Crippen LogP contribution < -0.4 is 20.8 Å². The summed E-state index contributed by atoms with van der Waals surface area (Å²) >= 11 is 12.1. The van der Waals surface area contributed by atoms with E-state index in [2.05, 4.69) is 10.6 Å². The summed E-state index contributed by atoms with van der Waals surface area (Å²) in [6.07, 6.45) is 0.207. The molecule has 188 valence electrons. The normalized spacial score (nSPS) is 15.5. The molecule has 2 N–H and O–H groups in total. The van der Waals surface area contributed by atoms with Crippen molar-refractivity contribution in [2.45, 2.75) is 12.5 Å². The third kappa shape index (κ3) is 5.17. The predicted octanol–water partition coefficient (Wildman–Crippen LogP) is 6.37. The van der Waals surface area contributed by atoms with E-state index in [0.29, 0.717) is 16.4 Å². The fourth-order valence-corrected chi connectivity index (χ4v) is 5.70. The van der Waals surface area contributed by atoms with Crippen LogP contribution in [0.3, 0.4) is 0 Å². The number of rotatable bonds is 5. The van der Waals surface area contributed by atoms with Crippen LogP contribution in [0.1, 0.15) is 6.42 Å². The van der Waals surface area contributed by atoms with Crippen molar-refractivity contribution in [2.75, 3.05) is 30.1 Å². The second kappa shape index (κ2) is 10.7. The fraction of sp³-hybridized carbons (Fsp3) is 0.200. The van der Waals surface area contributed by atoms with Crippen LogP contribution in [0.15, 0.2) is 48.5 Å². The zero-order valence-corrected chi connectivity index (χ0v) is 21.6. The maximum Gasteiger partial charge on any atom is 0.319 e. The summed E-state index contributed by atoms with van der Waals surface area (Å²) < 4.78 is 43.8. The highest BCUT2D eigenvalue weighted by molar-refractivity contribution is 7.64. The Labute approximate surface area is 217 Å². The summed E-state index contributed by atoms with van der Waals surface area (Å²) in [5, 5.41) is 5.23. The van der Waals surface area contributed by atoms with Gasteiger partial charge in [0.25, 0.3) is 0 Å². The van der Waals surface area contributed by atoms with Crippen LogP contribution in [0.25, 0.3) is 11.1 Å². The van der Waals surface area contributed by atoms with E-state index in [1.165, 1.54) is 35.2 Å². The minimum Gasteiger partial charge on any atom is -0.326 e. The van der Waals surface area contributed by atoms with Gasteiger partial charge in [-0.1, -0.05) is 49.3 Å². The summed E-state index contributed by atoms with van der Waals surface area (Å²) in [6.45, 7) is 3.92. The molecular weight excluding hydrogens is 533 g/mol. The van der Waals surface area contributed by atoms with Gasteiger partial charge in [0, 0.05) is 22.4 Å². The minimum atomic E-state index is -0.947. The molecule has 1 aliphatic rings. The number of anilines is 2. The lowest BCUT2D eigenvalue weighted by atomic mass is 10.0. The first-order chi connectivity index (χ1) is 17.1. The Bertz CT molecular complexity index is 1360. The van der Waals surface area contributed by atoms with Crippen molar-refractivity contribution < 1.29 is 22.8 Å². The molecule has 0 aromatic heterocycles. The molecule has 11 heteroatoms. The lowest BCUT2D eigenvalue weighted by molar-refractivity contribution is -0.118. The second-order valence-corrected chi connectivity index (χ2v) is 11.4. The Morgan fingerprint density at radius 2 is 1.78 bits per heavy atom. The Morgan fingerprint density at radius 1 is 1.03 bits per heavy atom. The van der Waals surface area contributed by atoms with Crippen molar-refractivity contribution in [3.8, 4) is 11.1 Å². The molecule has 4 rings (SSSR count). The van der Waals surface area contributed by atoms with Crippen molar-refractivity contribution in [3.63, 3.8) is 0 Å². The molecule has 1 aliphatic heterocycles. The van der Waals surface area contributed by atoms with E-state index < -0.39 is 37.5 Å². The molecule has 1 fully saturated rings. The van der Waals surface area contributed by atoms with Crippen LogP contribution in [0.4, 0.5) is 29.3 Å². The van der Waals surface area contributed by atoms with Crippen LogP contribution in [-0.4, -0.2) is 37.9 Å². The molecule has 1 saturated heterocycles. The zero-order chi connectivity index (χ0) is 26.1. The molecule has 0 radical (unpaired) electrons. The molecule has 1 unspecified atom stereocenters. The Hall–Kier alpha value is -2.80. The average molecular weight is 554 g/mol. The molecule has 3 aromatic carbocycles. The summed E-state index contributed by atoms with van der Waals surface area (Å²) in [5.74, 6) is -2.47. The maximum atomic E-state index is 15.4. The first-order valence-corrected chi connectivity index (χ1v) is 13.9. The van der Waals surface area contributed by atoms with Gasteiger partial charge >= 0.3 is 6.03 Å². The van der Waals surface area contributed by atoms with Crippen molar-refractivity contribution in [3.05, 3.63) is 76.0 Å². The number of nitrogens with one attached hydrogen (secondary N) is 2. The first kappa shape index (κ1) is 26.3. The van der Waals surface area contributed by atoms with Crippen LogP contribution in [-0.2, 0) is 4.79 Å². The van der Waals surface area contributed by atoms with Gasteiger partial charge in [-0.3, -0.25) is 4.79 Å². The van der Waals surface area contributed by atoms with Crippen molar-refractivity contribution >= 4 is 59.7 Å². The van der Waals surface area contributed by atoms with E-state index in [1.54, 1.807) is 12.1 Å². The predicted molar refractivity (Wildman–Crippen MR) is 140 cm³/mol. The van der Waals surface area contributed by atoms with Gasteiger partial charge < -0.3 is 15.5 Å². The van der Waals surface area contributed by atoms with E-state index in [4.69, 9.17) is 23.2 Å². The molecular formula is C25H21Cl2F3N3O2P. The smallest absolute Gasteiger partial charge is 0.319 e. The van der Waals surface area contributed by atoms with Gasteiger partial charge in [0.2, 0.25) is 5.91 Å². The summed E-state index contributed by atoms with van der Waals surface area (Å²) in [7, 11) is -0.840. The molecule has 0 bridgehead atoms. The molecule has 0 aliphatic carbocycles. The number of amides is 3. The standard InChI is InChI=1S/C25H21Cl2F3N3O2P/c1-36(2)23-15(4-3-5-16(23)28)14-7-9-20(22(30)21(14)27)33-11-10-19(24(33)34)32-25(35)31-18-8-6-13(26)12-17(18)29/h3-9,12,19H,10-11H2,1-2H3,(H2,31,32,35). The number of urea groups is 1. The average Bonchev–Trinajstić information content (AvgIpc) is 3.16. The number of nitrogens with zero attached hydrogens (tertiary/aromatic N) is 1. The summed E-state index contributed by atoms with van der Waals surface area (Å²) in [5.41, 5.74) is 0.678. The van der Waals surface area contributed by atoms with E-state index in [-0.39, 0.29) is 40.2 Å². The third-order valence-electron chi connectivity index (χ3n) is 5.77. The van der Waals surface area contributed by atoms with Crippen LogP contribution >= 0.6 is 31.1 Å². The number of hydrogen-bond donors (Lipinski definition) is 2. The lowest BCUT2D eigenvalue weighted by Gasteiger charge is -2.21. The highest BCUT2D eigenvalue weighted by Crippen LogP contribution is 2.39. The Morgan fingerprint density at radius 3 is 2.47 bits per heavy atom. The van der Waals surface area contributed by atoms with Gasteiger partial charge in [-0.05, 0) is 55.6 Å². The first-order valence-electron chi connectivity index (χ1n) is 10.9. The van der Waals surface area contributed by atoms with Crippen LogP contribution in [0, 0.1) is 17.5 Å². The molecule has 0 spiro atoms. The fourth-order valence-electron chi connectivity index (χ4n) is 4.10. The number of halogens is 5. The topological polar surface area (TPSA) is 61.4 Å². The zero-order valence-electron chi connectivity index (χ0n) is 19.2. The highest BCUT2D eigenvalue weighted by atomic mass is 35.5. The quantitative estimate of drug-likeness (QED) is 0.360. The van der Waals surface area contributed by atoms with Gasteiger partial charge in [-0.25, -0.2) is 18.0 Å². The molecule has 1 atom stereocenters.